The lowest BCUT2D eigenvalue weighted by molar-refractivity contribution is -0.210. The van der Waals surface area contributed by atoms with E-state index in [1.165, 1.54) is 0 Å². The Morgan fingerprint density at radius 3 is 2.93 bits per heavy atom. The molecule has 0 aromatic rings. The summed E-state index contributed by atoms with van der Waals surface area (Å²) < 4.78 is 10.9. The van der Waals surface area contributed by atoms with Crippen molar-refractivity contribution in [2.75, 3.05) is 18.1 Å². The largest absolute Gasteiger partial charge is 0.429 e. The van der Waals surface area contributed by atoms with Crippen LogP contribution in [0.4, 0.5) is 0 Å². The second-order valence-electron chi connectivity index (χ2n) is 3.91. The molecule has 1 aliphatic heterocycles. The molecule has 1 fully saturated rings. The molecular formula is C11H18O3S. The highest BCUT2D eigenvalue weighted by atomic mass is 32.2. The Hall–Kier alpha value is -0.480. The Balaban J connectivity index is 2.53. The molecule has 0 N–H and O–H groups in total. The van der Waals surface area contributed by atoms with Gasteiger partial charge in [-0.25, -0.2) is 4.79 Å². The molecule has 1 rings (SSSR count). The van der Waals surface area contributed by atoms with Crippen LogP contribution in [-0.2, 0) is 14.3 Å². The van der Waals surface area contributed by atoms with E-state index in [9.17, 15) is 4.79 Å². The van der Waals surface area contributed by atoms with E-state index in [4.69, 9.17) is 9.47 Å². The van der Waals surface area contributed by atoms with Crippen LogP contribution in [-0.4, -0.2) is 29.9 Å². The van der Waals surface area contributed by atoms with Crippen molar-refractivity contribution in [3.05, 3.63) is 12.2 Å². The number of esters is 1. The number of thioether (sulfide) groups is 1. The molecule has 0 bridgehead atoms. The van der Waals surface area contributed by atoms with Crippen LogP contribution in [0.15, 0.2) is 12.2 Å². The molecule has 0 aromatic heterocycles. The quantitative estimate of drug-likeness (QED) is 0.539. The zero-order chi connectivity index (χ0) is 11.3. The van der Waals surface area contributed by atoms with Crippen LogP contribution in [0.3, 0.4) is 0 Å². The maximum absolute atomic E-state index is 11.4. The first-order valence-corrected chi connectivity index (χ1v) is 6.29. The molecule has 1 aliphatic rings. The maximum atomic E-state index is 11.4. The van der Waals surface area contributed by atoms with Gasteiger partial charge in [-0.2, -0.15) is 11.8 Å². The molecule has 0 amide bonds. The first kappa shape index (κ1) is 12.6. The fourth-order valence-electron chi connectivity index (χ4n) is 1.24. The SMILES string of the molecule is C=C(C)C(=O)OC1(C)CSCCCCO1. The fraction of sp³-hybridized carbons (Fsp3) is 0.727. The van der Waals surface area contributed by atoms with Crippen molar-refractivity contribution in [2.24, 2.45) is 0 Å². The summed E-state index contributed by atoms with van der Waals surface area (Å²) in [7, 11) is 0. The summed E-state index contributed by atoms with van der Waals surface area (Å²) in [5.41, 5.74) is 0.409. The van der Waals surface area contributed by atoms with Crippen molar-refractivity contribution in [3.8, 4) is 0 Å². The lowest BCUT2D eigenvalue weighted by atomic mass is 10.3. The number of carbonyl (C=O) groups is 1. The third kappa shape index (κ3) is 4.26. The van der Waals surface area contributed by atoms with Crippen LogP contribution < -0.4 is 0 Å². The maximum Gasteiger partial charge on any atom is 0.335 e. The molecule has 0 saturated carbocycles. The molecule has 1 heterocycles. The lowest BCUT2D eigenvalue weighted by Crippen LogP contribution is -2.39. The predicted octanol–water partition coefficient (Wildman–Crippen LogP) is 2.37. The van der Waals surface area contributed by atoms with E-state index in [-0.39, 0.29) is 5.97 Å². The molecule has 0 radical (unpaired) electrons. The summed E-state index contributed by atoms with van der Waals surface area (Å²) in [6, 6.07) is 0. The van der Waals surface area contributed by atoms with Crippen molar-refractivity contribution in [1.82, 2.24) is 0 Å². The first-order chi connectivity index (χ1) is 7.03. The van der Waals surface area contributed by atoms with Crippen LogP contribution in [0.5, 0.6) is 0 Å². The highest BCUT2D eigenvalue weighted by molar-refractivity contribution is 7.99. The summed E-state index contributed by atoms with van der Waals surface area (Å²) in [5.74, 6) is 0.621. The van der Waals surface area contributed by atoms with Gasteiger partial charge in [-0.3, -0.25) is 0 Å². The second-order valence-corrected chi connectivity index (χ2v) is 5.02. The highest BCUT2D eigenvalue weighted by Crippen LogP contribution is 2.24. The lowest BCUT2D eigenvalue weighted by Gasteiger charge is -2.30. The van der Waals surface area contributed by atoms with Crippen LogP contribution >= 0.6 is 11.8 Å². The van der Waals surface area contributed by atoms with Gasteiger partial charge in [-0.15, -0.1) is 0 Å². The normalized spacial score (nSPS) is 27.6. The minimum Gasteiger partial charge on any atom is -0.429 e. The molecule has 0 spiro atoms. The molecule has 86 valence electrons. The summed E-state index contributed by atoms with van der Waals surface area (Å²) in [4.78, 5) is 11.4. The van der Waals surface area contributed by atoms with Crippen molar-refractivity contribution >= 4 is 17.7 Å². The summed E-state index contributed by atoms with van der Waals surface area (Å²) in [6.07, 6.45) is 2.18. The van der Waals surface area contributed by atoms with E-state index < -0.39 is 5.79 Å². The standard InChI is InChI=1S/C11H18O3S/c1-9(2)10(12)14-11(3)8-15-7-5-4-6-13-11/h1,4-8H2,2-3H3. The van der Waals surface area contributed by atoms with E-state index in [1.54, 1.807) is 18.7 Å². The molecule has 0 aromatic carbocycles. The monoisotopic (exact) mass is 230 g/mol. The topological polar surface area (TPSA) is 35.5 Å². The Morgan fingerprint density at radius 1 is 1.53 bits per heavy atom. The second kappa shape index (κ2) is 5.56. The Bertz CT molecular complexity index is 242. The Labute approximate surface area is 95.2 Å². The van der Waals surface area contributed by atoms with Crippen LogP contribution in [0.1, 0.15) is 26.7 Å². The third-order valence-corrected chi connectivity index (χ3v) is 3.42. The van der Waals surface area contributed by atoms with Crippen molar-refractivity contribution < 1.29 is 14.3 Å². The van der Waals surface area contributed by atoms with Gasteiger partial charge in [0, 0.05) is 12.5 Å². The molecule has 1 unspecified atom stereocenters. The summed E-state index contributed by atoms with van der Waals surface area (Å²) >= 11 is 1.76. The van der Waals surface area contributed by atoms with Gasteiger partial charge >= 0.3 is 5.97 Å². The van der Waals surface area contributed by atoms with Gasteiger partial charge in [-0.1, -0.05) is 6.58 Å². The molecule has 1 saturated heterocycles. The van der Waals surface area contributed by atoms with Gasteiger partial charge in [0.1, 0.15) is 0 Å². The summed E-state index contributed by atoms with van der Waals surface area (Å²) in [6.45, 7) is 7.66. The van der Waals surface area contributed by atoms with E-state index in [0.29, 0.717) is 17.9 Å². The van der Waals surface area contributed by atoms with E-state index in [1.807, 2.05) is 6.92 Å². The van der Waals surface area contributed by atoms with Gasteiger partial charge in [0.05, 0.1) is 12.4 Å². The van der Waals surface area contributed by atoms with E-state index in [0.717, 1.165) is 18.6 Å². The summed E-state index contributed by atoms with van der Waals surface area (Å²) in [5, 5.41) is 0. The number of carbonyl (C=O) groups excluding carboxylic acids is 1. The van der Waals surface area contributed by atoms with Crippen LogP contribution in [0.25, 0.3) is 0 Å². The smallest absolute Gasteiger partial charge is 0.335 e. The Morgan fingerprint density at radius 2 is 2.27 bits per heavy atom. The van der Waals surface area contributed by atoms with Crippen LogP contribution in [0, 0.1) is 0 Å². The average molecular weight is 230 g/mol. The van der Waals surface area contributed by atoms with Crippen molar-refractivity contribution in [3.63, 3.8) is 0 Å². The minimum atomic E-state index is -0.791. The number of hydrogen-bond acceptors (Lipinski definition) is 4. The van der Waals surface area contributed by atoms with Crippen molar-refractivity contribution in [2.45, 2.75) is 32.5 Å². The zero-order valence-electron chi connectivity index (χ0n) is 9.38. The average Bonchev–Trinajstić information content (AvgIpc) is 2.12. The molecule has 4 heteroatoms. The van der Waals surface area contributed by atoms with Gasteiger partial charge in [-0.05, 0) is 25.5 Å². The number of rotatable bonds is 2. The highest BCUT2D eigenvalue weighted by Gasteiger charge is 2.30. The van der Waals surface area contributed by atoms with E-state index in [2.05, 4.69) is 6.58 Å². The van der Waals surface area contributed by atoms with Crippen molar-refractivity contribution in [1.29, 1.82) is 0 Å². The van der Waals surface area contributed by atoms with Gasteiger partial charge in [0.25, 0.3) is 0 Å². The van der Waals surface area contributed by atoms with Crippen LogP contribution in [0.2, 0.25) is 0 Å². The zero-order valence-corrected chi connectivity index (χ0v) is 10.2. The molecule has 3 nitrogen and oxygen atoms in total. The fourth-order valence-corrected chi connectivity index (χ4v) is 2.30. The Kier molecular flexibility index (Phi) is 4.67. The number of hydrogen-bond donors (Lipinski definition) is 0. The van der Waals surface area contributed by atoms with E-state index >= 15 is 0 Å². The third-order valence-electron chi connectivity index (χ3n) is 2.11. The molecular weight excluding hydrogens is 212 g/mol. The number of ether oxygens (including phenoxy) is 2. The van der Waals surface area contributed by atoms with Gasteiger partial charge in [0.2, 0.25) is 5.79 Å². The molecule has 1 atom stereocenters. The predicted molar refractivity (Wildman–Crippen MR) is 61.8 cm³/mol. The first-order valence-electron chi connectivity index (χ1n) is 5.14. The molecule has 0 aliphatic carbocycles. The minimum absolute atomic E-state index is 0.376. The molecule has 15 heavy (non-hydrogen) atoms. The van der Waals surface area contributed by atoms with Gasteiger partial charge in [0.15, 0.2) is 0 Å². The van der Waals surface area contributed by atoms with Gasteiger partial charge < -0.3 is 9.47 Å².